The van der Waals surface area contributed by atoms with Gasteiger partial charge in [0.05, 0.1) is 19.1 Å². The number of carbonyl (C=O) groups is 3. The maximum absolute atomic E-state index is 14.7. The number of amides is 2. The van der Waals surface area contributed by atoms with Crippen LogP contribution in [0.25, 0.3) is 0 Å². The Balaban J connectivity index is 1.55. The first-order chi connectivity index (χ1) is 20.0. The molecule has 2 saturated heterocycles. The molecule has 0 aromatic heterocycles. The molecule has 41 heavy (non-hydrogen) atoms. The Hall–Kier alpha value is -3.97. The van der Waals surface area contributed by atoms with Gasteiger partial charge < -0.3 is 19.9 Å². The average Bonchev–Trinajstić information content (AvgIpc) is 3.82. The summed E-state index contributed by atoms with van der Waals surface area (Å²) in [5.74, 6) is -0.745. The van der Waals surface area contributed by atoms with E-state index in [0.29, 0.717) is 37.5 Å². The lowest BCUT2D eigenvalue weighted by atomic mass is 9.76. The minimum Gasteiger partial charge on any atom is -0.497 e. The lowest BCUT2D eigenvalue weighted by Crippen LogP contribution is -2.55. The highest BCUT2D eigenvalue weighted by atomic mass is 16.5. The van der Waals surface area contributed by atoms with Crippen LogP contribution in [0, 0.1) is 18.8 Å². The summed E-state index contributed by atoms with van der Waals surface area (Å²) in [5, 5.41) is 3.32. The van der Waals surface area contributed by atoms with E-state index in [1.54, 1.807) is 31.4 Å². The van der Waals surface area contributed by atoms with Gasteiger partial charge in [-0.25, -0.2) is 0 Å². The molecule has 3 aromatic carbocycles. The fourth-order valence-corrected chi connectivity index (χ4v) is 6.52. The summed E-state index contributed by atoms with van der Waals surface area (Å²) in [6.45, 7) is 4.60. The number of benzene rings is 3. The van der Waals surface area contributed by atoms with E-state index in [1.165, 1.54) is 0 Å². The van der Waals surface area contributed by atoms with Crippen LogP contribution in [-0.2, 0) is 9.59 Å². The highest BCUT2D eigenvalue weighted by Gasteiger charge is 2.59. The number of nitrogens with zero attached hydrogens (tertiary/aromatic N) is 2. The van der Waals surface area contributed by atoms with Gasteiger partial charge in [-0.3, -0.25) is 14.4 Å². The molecule has 7 heteroatoms. The third-order valence-corrected chi connectivity index (χ3v) is 8.81. The Morgan fingerprint density at radius 1 is 0.805 bits per heavy atom. The van der Waals surface area contributed by atoms with E-state index in [2.05, 4.69) is 5.32 Å². The first kappa shape index (κ1) is 27.2. The van der Waals surface area contributed by atoms with Crippen LogP contribution in [0.3, 0.4) is 0 Å². The highest BCUT2D eigenvalue weighted by Crippen LogP contribution is 2.53. The van der Waals surface area contributed by atoms with Gasteiger partial charge in [-0.2, -0.15) is 0 Å². The maximum atomic E-state index is 14.7. The Bertz CT molecular complexity index is 1400. The Morgan fingerprint density at radius 3 is 2.07 bits per heavy atom. The minimum absolute atomic E-state index is 0.0185. The molecule has 1 N–H and O–H groups in total. The molecule has 6 rings (SSSR count). The molecule has 0 spiro atoms. The zero-order valence-electron chi connectivity index (χ0n) is 23.7. The van der Waals surface area contributed by atoms with Gasteiger partial charge in [0.2, 0.25) is 11.8 Å². The predicted molar refractivity (Wildman–Crippen MR) is 157 cm³/mol. The molecule has 0 bridgehead atoms. The van der Waals surface area contributed by atoms with Crippen LogP contribution < -0.4 is 10.1 Å². The molecule has 4 atom stereocenters. The summed E-state index contributed by atoms with van der Waals surface area (Å²) in [5.41, 5.74) is 3.42. The van der Waals surface area contributed by atoms with Crippen molar-refractivity contribution < 1.29 is 19.1 Å². The second-order valence-electron chi connectivity index (χ2n) is 11.5. The van der Waals surface area contributed by atoms with Crippen molar-refractivity contribution in [1.29, 1.82) is 0 Å². The van der Waals surface area contributed by atoms with Crippen molar-refractivity contribution >= 4 is 17.6 Å². The zero-order valence-corrected chi connectivity index (χ0v) is 23.7. The quantitative estimate of drug-likeness (QED) is 0.441. The van der Waals surface area contributed by atoms with Crippen molar-refractivity contribution in [3.8, 4) is 5.75 Å². The number of aryl methyl sites for hydroxylation is 1. The molecule has 7 nitrogen and oxygen atoms in total. The molecule has 2 amide bonds. The molecule has 1 aliphatic carbocycles. The highest BCUT2D eigenvalue weighted by molar-refractivity contribution is 6.02. The third-order valence-electron chi connectivity index (χ3n) is 8.81. The van der Waals surface area contributed by atoms with Crippen LogP contribution in [0.5, 0.6) is 5.75 Å². The lowest BCUT2D eigenvalue weighted by molar-refractivity contribution is -0.147. The normalized spacial score (nSPS) is 24.2. The second-order valence-corrected chi connectivity index (χ2v) is 11.5. The van der Waals surface area contributed by atoms with Crippen molar-refractivity contribution in [3.05, 3.63) is 101 Å². The molecule has 3 aromatic rings. The monoisotopic (exact) mass is 551 g/mol. The van der Waals surface area contributed by atoms with Crippen LogP contribution >= 0.6 is 0 Å². The van der Waals surface area contributed by atoms with E-state index < -0.39 is 23.9 Å². The van der Waals surface area contributed by atoms with E-state index in [0.717, 1.165) is 29.5 Å². The number of Topliss-reactive ketones (excluding diaryl/α,β-unsaturated/α-hetero) is 1. The summed E-state index contributed by atoms with van der Waals surface area (Å²) < 4.78 is 5.34. The van der Waals surface area contributed by atoms with Gasteiger partial charge in [0, 0.05) is 43.6 Å². The number of ether oxygens (including phenoxy) is 1. The van der Waals surface area contributed by atoms with E-state index in [1.807, 2.05) is 71.3 Å². The summed E-state index contributed by atoms with van der Waals surface area (Å²) in [6, 6.07) is 23.7. The Labute approximate surface area is 241 Å². The van der Waals surface area contributed by atoms with Crippen molar-refractivity contribution in [3.63, 3.8) is 0 Å². The average molecular weight is 552 g/mol. The summed E-state index contributed by atoms with van der Waals surface area (Å²) in [7, 11) is 1.60. The fraction of sp³-hybridized carbons (Fsp3) is 0.382. The number of hydrogen-bond donors (Lipinski definition) is 1. The molecule has 0 radical (unpaired) electrons. The third kappa shape index (κ3) is 5.26. The summed E-state index contributed by atoms with van der Waals surface area (Å²) in [6.07, 6.45) is 1.63. The number of carbonyl (C=O) groups excluding carboxylic acids is 3. The van der Waals surface area contributed by atoms with Gasteiger partial charge in [-0.05, 0) is 55.2 Å². The predicted octanol–water partition coefficient (Wildman–Crippen LogP) is 4.38. The lowest BCUT2D eigenvalue weighted by Gasteiger charge is -2.36. The summed E-state index contributed by atoms with van der Waals surface area (Å²) >= 11 is 0. The van der Waals surface area contributed by atoms with Gasteiger partial charge >= 0.3 is 0 Å². The standard InChI is InChI=1S/C34H37N3O4/c1-22-8-10-24(11-9-22)30-29(32(38)25-14-16-27(41-2)17-15-25)28(23-6-4-3-5-7-23)31(37(30)33(39)26-12-13-26)34(40)36-20-18-35-19-21-36/h3-11,14-17,26,28-31,35H,12-13,18-21H2,1-2H3. The van der Waals surface area contributed by atoms with Gasteiger partial charge in [0.15, 0.2) is 5.78 Å². The van der Waals surface area contributed by atoms with Gasteiger partial charge in [-0.1, -0.05) is 60.2 Å². The molecule has 212 valence electrons. The number of likely N-dealkylation sites (tertiary alicyclic amines) is 1. The van der Waals surface area contributed by atoms with Crippen molar-refractivity contribution in [2.75, 3.05) is 33.3 Å². The van der Waals surface area contributed by atoms with Crippen molar-refractivity contribution in [2.24, 2.45) is 11.8 Å². The zero-order chi connectivity index (χ0) is 28.5. The van der Waals surface area contributed by atoms with E-state index >= 15 is 0 Å². The number of nitrogens with one attached hydrogen (secondary N) is 1. The number of hydrogen-bond acceptors (Lipinski definition) is 5. The Morgan fingerprint density at radius 2 is 1.46 bits per heavy atom. The Kier molecular flexibility index (Phi) is 7.63. The van der Waals surface area contributed by atoms with E-state index in [9.17, 15) is 14.4 Å². The van der Waals surface area contributed by atoms with Gasteiger partial charge in [-0.15, -0.1) is 0 Å². The molecule has 4 unspecified atom stereocenters. The fourth-order valence-electron chi connectivity index (χ4n) is 6.52. The van der Waals surface area contributed by atoms with Gasteiger partial charge in [0.25, 0.3) is 0 Å². The number of methoxy groups -OCH3 is 1. The van der Waals surface area contributed by atoms with Crippen LogP contribution in [-0.4, -0.2) is 66.7 Å². The molecule has 1 saturated carbocycles. The van der Waals surface area contributed by atoms with Crippen LogP contribution in [0.2, 0.25) is 0 Å². The number of rotatable bonds is 7. The first-order valence-electron chi connectivity index (χ1n) is 14.6. The second kappa shape index (κ2) is 11.5. The van der Waals surface area contributed by atoms with Crippen molar-refractivity contribution in [2.45, 2.75) is 37.8 Å². The molecule has 2 aliphatic heterocycles. The smallest absolute Gasteiger partial charge is 0.246 e. The molecule has 3 fully saturated rings. The summed E-state index contributed by atoms with van der Waals surface area (Å²) in [4.78, 5) is 47.1. The van der Waals surface area contributed by atoms with Crippen LogP contribution in [0.15, 0.2) is 78.9 Å². The van der Waals surface area contributed by atoms with E-state index in [-0.39, 0.29) is 23.5 Å². The number of piperazine rings is 1. The van der Waals surface area contributed by atoms with Crippen molar-refractivity contribution in [1.82, 2.24) is 15.1 Å². The van der Waals surface area contributed by atoms with Gasteiger partial charge in [0.1, 0.15) is 11.8 Å². The molecular weight excluding hydrogens is 514 g/mol. The molecule has 3 aliphatic rings. The van der Waals surface area contributed by atoms with Crippen LogP contribution in [0.4, 0.5) is 0 Å². The number of ketones is 1. The largest absolute Gasteiger partial charge is 0.497 e. The van der Waals surface area contributed by atoms with E-state index in [4.69, 9.17) is 4.74 Å². The minimum atomic E-state index is -0.776. The maximum Gasteiger partial charge on any atom is 0.246 e. The SMILES string of the molecule is COc1ccc(C(=O)C2C(c3ccccc3)C(C(=O)N3CCNCC3)N(C(=O)C3CC3)C2c2ccc(C)cc2)cc1. The molecular formula is C34H37N3O4. The first-order valence-corrected chi connectivity index (χ1v) is 14.6. The molecule has 2 heterocycles. The van der Waals surface area contributed by atoms with Crippen LogP contribution in [0.1, 0.15) is 51.8 Å². The topological polar surface area (TPSA) is 79.0 Å².